The molecule has 0 aromatic rings. The molecule has 0 aromatic carbocycles. The maximum absolute atomic E-state index is 13.0. The number of aliphatic hydroxyl groups excluding tert-OH is 1. The fraction of sp³-hybridized carbons (Fsp3) is 0.731. The Kier molecular flexibility index (Phi) is 17.7. The van der Waals surface area contributed by atoms with Crippen molar-refractivity contribution in [3.05, 3.63) is 0 Å². The smallest absolute Gasteiger partial charge is 0.326 e. The molecule has 17 heteroatoms. The summed E-state index contributed by atoms with van der Waals surface area (Å²) in [7, 11) is 0. The van der Waals surface area contributed by atoms with Gasteiger partial charge in [0, 0.05) is 0 Å². The molecule has 17 nitrogen and oxygen atoms in total. The summed E-state index contributed by atoms with van der Waals surface area (Å²) in [6.45, 7) is 8.49. The zero-order valence-electron chi connectivity index (χ0n) is 25.6. The summed E-state index contributed by atoms with van der Waals surface area (Å²) < 4.78 is 0. The van der Waals surface area contributed by atoms with Crippen molar-refractivity contribution in [3.63, 3.8) is 0 Å². The molecular formula is C26H48N8O9. The zero-order valence-corrected chi connectivity index (χ0v) is 25.6. The van der Waals surface area contributed by atoms with E-state index in [-0.39, 0.29) is 6.42 Å². The number of aliphatic carboxylic acids is 1. The van der Waals surface area contributed by atoms with E-state index in [1.54, 1.807) is 13.8 Å². The van der Waals surface area contributed by atoms with Crippen LogP contribution in [0.1, 0.15) is 60.8 Å². The van der Waals surface area contributed by atoms with E-state index in [4.69, 9.17) is 11.5 Å². The molecule has 0 aliphatic carbocycles. The highest BCUT2D eigenvalue weighted by Crippen LogP contribution is 2.05. The lowest BCUT2D eigenvalue weighted by molar-refractivity contribution is -0.143. The zero-order chi connectivity index (χ0) is 33.4. The van der Waals surface area contributed by atoms with Crippen LogP contribution >= 0.6 is 0 Å². The summed E-state index contributed by atoms with van der Waals surface area (Å²) >= 11 is 0. The van der Waals surface area contributed by atoms with Crippen LogP contribution in [0.2, 0.25) is 0 Å². The van der Waals surface area contributed by atoms with Gasteiger partial charge >= 0.3 is 5.97 Å². The van der Waals surface area contributed by atoms with Gasteiger partial charge < -0.3 is 53.6 Å². The molecule has 6 amide bonds. The second kappa shape index (κ2) is 19.4. The molecule has 0 bridgehead atoms. The molecule has 0 radical (unpaired) electrons. The summed E-state index contributed by atoms with van der Waals surface area (Å²) in [5.41, 5.74) is 11.0. The van der Waals surface area contributed by atoms with Crippen LogP contribution in [-0.4, -0.2) is 107 Å². The van der Waals surface area contributed by atoms with Gasteiger partial charge in [0.05, 0.1) is 12.6 Å². The second-order valence-corrected chi connectivity index (χ2v) is 10.6. The lowest BCUT2D eigenvalue weighted by Crippen LogP contribution is -2.58. The van der Waals surface area contributed by atoms with Gasteiger partial charge in [-0.1, -0.05) is 13.8 Å². The first kappa shape index (κ1) is 39.2. The maximum atomic E-state index is 13.0. The Balaban J connectivity index is 5.14. The number of amides is 6. The number of carboxylic acids is 1. The van der Waals surface area contributed by atoms with Crippen molar-refractivity contribution in [2.24, 2.45) is 17.4 Å². The molecule has 0 spiro atoms. The van der Waals surface area contributed by atoms with E-state index >= 15 is 0 Å². The van der Waals surface area contributed by atoms with E-state index in [1.165, 1.54) is 27.7 Å². The van der Waals surface area contributed by atoms with Gasteiger partial charge in [-0.05, 0) is 59.4 Å². The number of hydrogen-bond donors (Lipinski definition) is 10. The van der Waals surface area contributed by atoms with Crippen molar-refractivity contribution in [1.82, 2.24) is 31.9 Å². The summed E-state index contributed by atoms with van der Waals surface area (Å²) in [4.78, 5) is 86.1. The minimum Gasteiger partial charge on any atom is -0.480 e. The van der Waals surface area contributed by atoms with Crippen molar-refractivity contribution >= 4 is 41.4 Å². The molecule has 0 saturated carbocycles. The van der Waals surface area contributed by atoms with Gasteiger partial charge in [-0.25, -0.2) is 4.79 Å². The van der Waals surface area contributed by atoms with Crippen LogP contribution in [0.15, 0.2) is 0 Å². The molecule has 0 aromatic heterocycles. The number of aliphatic hydroxyl groups is 1. The summed E-state index contributed by atoms with van der Waals surface area (Å²) in [6, 6.07) is -6.84. The molecular weight excluding hydrogens is 568 g/mol. The van der Waals surface area contributed by atoms with E-state index in [1.807, 2.05) is 0 Å². The number of nitrogens with two attached hydrogens (primary N) is 2. The van der Waals surface area contributed by atoms with Crippen LogP contribution in [-0.2, 0) is 33.6 Å². The topological polar surface area (TPSA) is 284 Å². The van der Waals surface area contributed by atoms with Gasteiger partial charge in [0.15, 0.2) is 0 Å². The van der Waals surface area contributed by atoms with Crippen molar-refractivity contribution in [2.45, 2.75) is 103 Å². The SMILES string of the molecule is CC(C)[C@H](NC(=O)[C@H](C)NC(=O)[C@H](CCCCN)NC(=O)[C@H](C)NC(=O)[C@H](C)NC(=O)CNC(=O)[C@@H](N)[C@@H](C)O)C(=O)O. The largest absolute Gasteiger partial charge is 0.480 e. The third-order valence-corrected chi connectivity index (χ3v) is 6.33. The Hall–Kier alpha value is -3.83. The molecule has 0 aliphatic heterocycles. The average Bonchev–Trinajstić information content (AvgIpc) is 2.92. The predicted octanol–water partition coefficient (Wildman–Crippen LogP) is -3.84. The van der Waals surface area contributed by atoms with E-state index in [0.717, 1.165) is 0 Å². The molecule has 12 N–H and O–H groups in total. The summed E-state index contributed by atoms with van der Waals surface area (Å²) in [5, 5.41) is 33.0. The molecule has 0 fully saturated rings. The molecule has 0 aliphatic rings. The third kappa shape index (κ3) is 14.8. The van der Waals surface area contributed by atoms with Crippen LogP contribution < -0.4 is 43.4 Å². The van der Waals surface area contributed by atoms with Crippen molar-refractivity contribution in [3.8, 4) is 0 Å². The first-order valence-electron chi connectivity index (χ1n) is 14.1. The average molecular weight is 617 g/mol. The number of nitrogens with one attached hydrogen (secondary N) is 6. The van der Waals surface area contributed by atoms with Crippen LogP contribution in [0.25, 0.3) is 0 Å². The second-order valence-electron chi connectivity index (χ2n) is 10.6. The van der Waals surface area contributed by atoms with Crippen molar-refractivity contribution < 1.29 is 43.8 Å². The lowest BCUT2D eigenvalue weighted by Gasteiger charge is -2.25. The monoisotopic (exact) mass is 616 g/mol. The Morgan fingerprint density at radius 3 is 1.65 bits per heavy atom. The van der Waals surface area contributed by atoms with Gasteiger partial charge in [-0.2, -0.15) is 0 Å². The van der Waals surface area contributed by atoms with Crippen LogP contribution in [0.5, 0.6) is 0 Å². The van der Waals surface area contributed by atoms with Gasteiger partial charge in [0.25, 0.3) is 0 Å². The maximum Gasteiger partial charge on any atom is 0.326 e. The first-order valence-corrected chi connectivity index (χ1v) is 14.1. The molecule has 0 saturated heterocycles. The van der Waals surface area contributed by atoms with Crippen molar-refractivity contribution in [1.29, 1.82) is 0 Å². The third-order valence-electron chi connectivity index (χ3n) is 6.33. The fourth-order valence-corrected chi connectivity index (χ4v) is 3.50. The Morgan fingerprint density at radius 2 is 1.16 bits per heavy atom. The highest BCUT2D eigenvalue weighted by Gasteiger charge is 2.30. The highest BCUT2D eigenvalue weighted by molar-refractivity contribution is 5.96. The van der Waals surface area contributed by atoms with Gasteiger partial charge in [-0.3, -0.25) is 28.8 Å². The lowest BCUT2D eigenvalue weighted by atomic mass is 10.0. The minimum absolute atomic E-state index is 0.171. The quantitative estimate of drug-likeness (QED) is 0.0627. The van der Waals surface area contributed by atoms with Gasteiger partial charge in [0.2, 0.25) is 35.4 Å². The number of carbonyl (C=O) groups is 7. The van der Waals surface area contributed by atoms with E-state index in [0.29, 0.717) is 19.4 Å². The normalized spacial score (nSPS) is 15.9. The molecule has 43 heavy (non-hydrogen) atoms. The highest BCUT2D eigenvalue weighted by atomic mass is 16.4. The first-order chi connectivity index (χ1) is 19.9. The molecule has 0 unspecified atom stereocenters. The van der Waals surface area contributed by atoms with Crippen LogP contribution in [0.4, 0.5) is 0 Å². The van der Waals surface area contributed by atoms with Gasteiger partial charge in [0.1, 0.15) is 36.3 Å². The van der Waals surface area contributed by atoms with Crippen molar-refractivity contribution in [2.75, 3.05) is 13.1 Å². The Morgan fingerprint density at radius 1 is 0.674 bits per heavy atom. The van der Waals surface area contributed by atoms with Crippen LogP contribution in [0, 0.1) is 5.92 Å². The van der Waals surface area contributed by atoms with Gasteiger partial charge in [-0.15, -0.1) is 0 Å². The van der Waals surface area contributed by atoms with Crippen LogP contribution in [0.3, 0.4) is 0 Å². The molecule has 246 valence electrons. The predicted molar refractivity (Wildman–Crippen MR) is 155 cm³/mol. The number of unbranched alkanes of at least 4 members (excludes halogenated alkanes) is 1. The van der Waals surface area contributed by atoms with E-state index in [9.17, 15) is 43.8 Å². The Labute approximate surface area is 251 Å². The van der Waals surface area contributed by atoms with E-state index in [2.05, 4.69) is 31.9 Å². The van der Waals surface area contributed by atoms with E-state index < -0.39 is 96.2 Å². The number of hydrogen-bond acceptors (Lipinski definition) is 10. The fourth-order valence-electron chi connectivity index (χ4n) is 3.50. The number of rotatable bonds is 19. The standard InChI is InChI=1S/C26H48N8O9/c1-12(2)20(26(42)43)34-23(39)15(5)32-24(40)17(9-7-8-10-27)33-22(38)14(4)31-21(37)13(3)30-18(36)11-29-25(41)19(28)16(6)35/h12-17,19-20,35H,7-11,27-28H2,1-6H3,(H,29,41)(H,30,36)(H,31,37)(H,32,40)(H,33,38)(H,34,39)(H,42,43)/t13-,14-,15-,16+,17-,19-,20-/m0/s1. The number of carbonyl (C=O) groups excluding carboxylic acids is 6. The molecule has 7 atom stereocenters. The molecule has 0 rings (SSSR count). The summed E-state index contributed by atoms with van der Waals surface area (Å²) in [6.07, 6.45) is 0.0618. The molecule has 0 heterocycles. The number of carboxylic acid groups (broad SMARTS) is 1. The minimum atomic E-state index is -1.23. The summed E-state index contributed by atoms with van der Waals surface area (Å²) in [5.74, 6) is -5.96. The Bertz CT molecular complexity index is 992.